The molecule has 0 saturated heterocycles. The van der Waals surface area contributed by atoms with Crippen molar-refractivity contribution in [3.05, 3.63) is 59.7 Å². The standard InChI is InChI=1S/C21H26N2O2/c1-16-14-18-7-3-4-9-20(18)23(16)13-11-21(24)22-12-10-17-6-5-8-19(15-17)25-2/h3-9,15-16H,10-14H2,1-2H3,(H,22,24). The van der Waals surface area contributed by atoms with Crippen molar-refractivity contribution in [3.8, 4) is 5.75 Å². The number of amides is 1. The zero-order valence-corrected chi connectivity index (χ0v) is 15.0. The quantitative estimate of drug-likeness (QED) is 0.843. The van der Waals surface area contributed by atoms with Gasteiger partial charge in [-0.1, -0.05) is 30.3 Å². The molecule has 4 heteroatoms. The van der Waals surface area contributed by atoms with Crippen LogP contribution in [0.15, 0.2) is 48.5 Å². The molecule has 1 unspecified atom stereocenters. The molecular formula is C21H26N2O2. The third-order valence-corrected chi connectivity index (χ3v) is 4.80. The van der Waals surface area contributed by atoms with Crippen molar-refractivity contribution in [2.24, 2.45) is 0 Å². The van der Waals surface area contributed by atoms with Gasteiger partial charge in [0.2, 0.25) is 5.91 Å². The van der Waals surface area contributed by atoms with Crippen LogP contribution in [0.5, 0.6) is 5.75 Å². The van der Waals surface area contributed by atoms with Crippen LogP contribution < -0.4 is 15.0 Å². The van der Waals surface area contributed by atoms with Crippen molar-refractivity contribution >= 4 is 11.6 Å². The second-order valence-corrected chi connectivity index (χ2v) is 6.58. The third kappa shape index (κ3) is 4.32. The molecule has 1 N–H and O–H groups in total. The van der Waals surface area contributed by atoms with Crippen LogP contribution in [0.4, 0.5) is 5.69 Å². The Morgan fingerprint density at radius 3 is 2.92 bits per heavy atom. The van der Waals surface area contributed by atoms with E-state index in [0.717, 1.165) is 25.1 Å². The van der Waals surface area contributed by atoms with Gasteiger partial charge in [-0.2, -0.15) is 0 Å². The number of ether oxygens (including phenoxy) is 1. The topological polar surface area (TPSA) is 41.6 Å². The third-order valence-electron chi connectivity index (χ3n) is 4.80. The summed E-state index contributed by atoms with van der Waals surface area (Å²) in [6.45, 7) is 3.64. The Balaban J connectivity index is 1.44. The van der Waals surface area contributed by atoms with Crippen molar-refractivity contribution in [1.82, 2.24) is 5.32 Å². The lowest BCUT2D eigenvalue weighted by Crippen LogP contribution is -2.34. The number of hydrogen-bond acceptors (Lipinski definition) is 3. The number of para-hydroxylation sites is 1. The minimum absolute atomic E-state index is 0.111. The molecule has 1 amide bonds. The zero-order chi connectivity index (χ0) is 17.6. The van der Waals surface area contributed by atoms with Crippen LogP contribution in [-0.4, -0.2) is 32.1 Å². The highest BCUT2D eigenvalue weighted by atomic mass is 16.5. The molecule has 25 heavy (non-hydrogen) atoms. The average Bonchev–Trinajstić information content (AvgIpc) is 2.95. The molecule has 0 aromatic heterocycles. The second-order valence-electron chi connectivity index (χ2n) is 6.58. The summed E-state index contributed by atoms with van der Waals surface area (Å²) < 4.78 is 5.22. The first-order valence-corrected chi connectivity index (χ1v) is 8.91. The number of nitrogens with zero attached hydrogens (tertiary/aromatic N) is 1. The summed E-state index contributed by atoms with van der Waals surface area (Å²) in [6.07, 6.45) is 2.40. The van der Waals surface area contributed by atoms with E-state index >= 15 is 0 Å². The first-order chi connectivity index (χ1) is 12.2. The molecule has 0 aliphatic carbocycles. The fourth-order valence-corrected chi connectivity index (χ4v) is 3.45. The predicted octanol–water partition coefficient (Wildman–Crippen LogP) is 3.20. The van der Waals surface area contributed by atoms with E-state index in [2.05, 4.69) is 47.5 Å². The number of hydrogen-bond donors (Lipinski definition) is 1. The summed E-state index contributed by atoms with van der Waals surface area (Å²) in [5.41, 5.74) is 3.83. The Labute approximate surface area is 149 Å². The van der Waals surface area contributed by atoms with E-state index in [-0.39, 0.29) is 5.91 Å². The maximum Gasteiger partial charge on any atom is 0.221 e. The minimum Gasteiger partial charge on any atom is -0.497 e. The molecule has 0 radical (unpaired) electrons. The fourth-order valence-electron chi connectivity index (χ4n) is 3.45. The monoisotopic (exact) mass is 338 g/mol. The lowest BCUT2D eigenvalue weighted by Gasteiger charge is -2.24. The molecular weight excluding hydrogens is 312 g/mol. The molecule has 1 aliphatic rings. The predicted molar refractivity (Wildman–Crippen MR) is 101 cm³/mol. The van der Waals surface area contributed by atoms with Crippen molar-refractivity contribution in [2.75, 3.05) is 25.1 Å². The van der Waals surface area contributed by atoms with E-state index in [0.29, 0.717) is 19.0 Å². The van der Waals surface area contributed by atoms with Crippen LogP contribution in [0, 0.1) is 0 Å². The van der Waals surface area contributed by atoms with E-state index in [1.807, 2.05) is 18.2 Å². The molecule has 0 saturated carbocycles. The maximum absolute atomic E-state index is 12.2. The molecule has 0 bridgehead atoms. The summed E-state index contributed by atoms with van der Waals surface area (Å²) in [5.74, 6) is 0.963. The van der Waals surface area contributed by atoms with Crippen LogP contribution in [0.25, 0.3) is 0 Å². The summed E-state index contributed by atoms with van der Waals surface area (Å²) in [5, 5.41) is 3.02. The van der Waals surface area contributed by atoms with Crippen LogP contribution in [0.2, 0.25) is 0 Å². The SMILES string of the molecule is COc1cccc(CCNC(=O)CCN2c3ccccc3CC2C)c1. The number of carbonyl (C=O) groups excluding carboxylic acids is 1. The average molecular weight is 338 g/mol. The van der Waals surface area contributed by atoms with E-state index in [4.69, 9.17) is 4.74 Å². The van der Waals surface area contributed by atoms with Gasteiger partial charge in [0.25, 0.3) is 0 Å². The molecule has 4 nitrogen and oxygen atoms in total. The molecule has 0 fully saturated rings. The zero-order valence-electron chi connectivity index (χ0n) is 15.0. The highest BCUT2D eigenvalue weighted by Gasteiger charge is 2.25. The van der Waals surface area contributed by atoms with Crippen LogP contribution in [0.1, 0.15) is 24.5 Å². The normalized spacial score (nSPS) is 15.8. The number of benzene rings is 2. The van der Waals surface area contributed by atoms with Gasteiger partial charge in [-0.15, -0.1) is 0 Å². The van der Waals surface area contributed by atoms with Gasteiger partial charge in [0.05, 0.1) is 7.11 Å². The van der Waals surface area contributed by atoms with Crippen LogP contribution in [0.3, 0.4) is 0 Å². The van der Waals surface area contributed by atoms with Crippen molar-refractivity contribution in [1.29, 1.82) is 0 Å². The highest BCUT2D eigenvalue weighted by Crippen LogP contribution is 2.31. The van der Waals surface area contributed by atoms with Crippen LogP contribution >= 0.6 is 0 Å². The second kappa shape index (κ2) is 8.06. The van der Waals surface area contributed by atoms with E-state index in [9.17, 15) is 4.79 Å². The summed E-state index contributed by atoms with van der Waals surface area (Å²) >= 11 is 0. The van der Waals surface area contributed by atoms with Gasteiger partial charge in [-0.25, -0.2) is 0 Å². The van der Waals surface area contributed by atoms with E-state index in [1.165, 1.54) is 16.8 Å². The Bertz CT molecular complexity index is 729. The molecule has 2 aromatic carbocycles. The van der Waals surface area contributed by atoms with E-state index < -0.39 is 0 Å². The Morgan fingerprint density at radius 1 is 1.24 bits per heavy atom. The smallest absolute Gasteiger partial charge is 0.221 e. The Morgan fingerprint density at radius 2 is 2.08 bits per heavy atom. The van der Waals surface area contributed by atoms with Gasteiger partial charge in [0, 0.05) is 31.2 Å². The molecule has 1 aliphatic heterocycles. The lowest BCUT2D eigenvalue weighted by molar-refractivity contribution is -0.120. The van der Waals surface area contributed by atoms with E-state index in [1.54, 1.807) is 7.11 Å². The Kier molecular flexibility index (Phi) is 5.59. The largest absolute Gasteiger partial charge is 0.497 e. The van der Waals surface area contributed by atoms with Gasteiger partial charge in [-0.3, -0.25) is 4.79 Å². The van der Waals surface area contributed by atoms with Crippen molar-refractivity contribution in [3.63, 3.8) is 0 Å². The number of fused-ring (bicyclic) bond motifs is 1. The van der Waals surface area contributed by atoms with Gasteiger partial charge in [0.1, 0.15) is 5.75 Å². The van der Waals surface area contributed by atoms with Gasteiger partial charge in [0.15, 0.2) is 0 Å². The molecule has 3 rings (SSSR count). The number of methoxy groups -OCH3 is 1. The summed E-state index contributed by atoms with van der Waals surface area (Å²) in [4.78, 5) is 14.5. The number of anilines is 1. The number of nitrogens with one attached hydrogen (secondary N) is 1. The maximum atomic E-state index is 12.2. The summed E-state index contributed by atoms with van der Waals surface area (Å²) in [7, 11) is 1.67. The van der Waals surface area contributed by atoms with Gasteiger partial charge < -0.3 is 15.0 Å². The molecule has 0 spiro atoms. The molecule has 2 aromatic rings. The first-order valence-electron chi connectivity index (χ1n) is 8.91. The lowest BCUT2D eigenvalue weighted by atomic mass is 10.1. The number of carbonyl (C=O) groups is 1. The van der Waals surface area contributed by atoms with Crippen molar-refractivity contribution in [2.45, 2.75) is 32.2 Å². The fraction of sp³-hybridized carbons (Fsp3) is 0.381. The number of rotatable bonds is 7. The van der Waals surface area contributed by atoms with Crippen LogP contribution in [-0.2, 0) is 17.6 Å². The Hall–Kier alpha value is -2.49. The van der Waals surface area contributed by atoms with Gasteiger partial charge in [-0.05, 0) is 49.1 Å². The minimum atomic E-state index is 0.111. The molecule has 132 valence electrons. The highest BCUT2D eigenvalue weighted by molar-refractivity contribution is 5.76. The first kappa shape index (κ1) is 17.3. The molecule has 1 heterocycles. The van der Waals surface area contributed by atoms with Crippen molar-refractivity contribution < 1.29 is 9.53 Å². The summed E-state index contributed by atoms with van der Waals surface area (Å²) in [6, 6.07) is 16.9. The van der Waals surface area contributed by atoms with Gasteiger partial charge >= 0.3 is 0 Å². The molecule has 1 atom stereocenters.